The Morgan fingerprint density at radius 2 is 1.92 bits per heavy atom. The number of carbonyl (C=O) groups is 1. The highest BCUT2D eigenvalue weighted by Crippen LogP contribution is 2.28. The van der Waals surface area contributed by atoms with Crippen molar-refractivity contribution in [1.82, 2.24) is 30.1 Å². The normalized spacial score (nSPS) is 12.2. The van der Waals surface area contributed by atoms with Gasteiger partial charge in [0.05, 0.1) is 12.6 Å². The minimum absolute atomic E-state index is 0.0641. The van der Waals surface area contributed by atoms with Gasteiger partial charge in [-0.05, 0) is 59.8 Å². The topological polar surface area (TPSA) is 106 Å². The number of hydrogen-bond acceptors (Lipinski definition) is 7. The number of ether oxygens (including phenoxy) is 1. The molecule has 0 saturated carbocycles. The van der Waals surface area contributed by atoms with Gasteiger partial charge in [-0.2, -0.15) is 0 Å². The van der Waals surface area contributed by atoms with Crippen LogP contribution in [0.4, 0.5) is 0 Å². The molecule has 0 aliphatic heterocycles. The van der Waals surface area contributed by atoms with Crippen LogP contribution in [-0.4, -0.2) is 42.7 Å². The molecule has 0 amide bonds. The first-order valence-corrected chi connectivity index (χ1v) is 12.3. The lowest BCUT2D eigenvalue weighted by molar-refractivity contribution is -0.144. The van der Waals surface area contributed by atoms with E-state index in [4.69, 9.17) is 4.74 Å². The van der Waals surface area contributed by atoms with Crippen molar-refractivity contribution in [3.8, 4) is 0 Å². The summed E-state index contributed by atoms with van der Waals surface area (Å²) < 4.78 is 6.62. The van der Waals surface area contributed by atoms with Crippen LogP contribution >= 0.6 is 0 Å². The van der Waals surface area contributed by atoms with Crippen molar-refractivity contribution < 1.29 is 9.53 Å². The lowest BCUT2D eigenvalue weighted by Crippen LogP contribution is -2.33. The van der Waals surface area contributed by atoms with Crippen LogP contribution in [0.2, 0.25) is 0 Å². The van der Waals surface area contributed by atoms with E-state index in [1.54, 1.807) is 6.92 Å². The third kappa shape index (κ3) is 6.04. The summed E-state index contributed by atoms with van der Waals surface area (Å²) in [4.78, 5) is 30.5. The molecule has 9 heteroatoms. The third-order valence-corrected chi connectivity index (χ3v) is 6.12. The van der Waals surface area contributed by atoms with E-state index in [2.05, 4.69) is 50.5 Å². The van der Waals surface area contributed by atoms with E-state index in [0.717, 1.165) is 34.9 Å². The Morgan fingerprint density at radius 3 is 2.67 bits per heavy atom. The molecular formula is C27H32N6O3. The molecule has 0 bridgehead atoms. The monoisotopic (exact) mass is 488 g/mol. The van der Waals surface area contributed by atoms with Gasteiger partial charge in [0.15, 0.2) is 5.82 Å². The minimum atomic E-state index is -0.391. The van der Waals surface area contributed by atoms with Crippen molar-refractivity contribution in [2.75, 3.05) is 6.61 Å². The van der Waals surface area contributed by atoms with Gasteiger partial charge in [0.25, 0.3) is 5.56 Å². The van der Waals surface area contributed by atoms with Gasteiger partial charge in [-0.15, -0.1) is 5.10 Å². The van der Waals surface area contributed by atoms with Crippen molar-refractivity contribution in [2.45, 2.75) is 59.3 Å². The van der Waals surface area contributed by atoms with Crippen molar-refractivity contribution in [3.05, 3.63) is 87.5 Å². The zero-order valence-electron chi connectivity index (χ0n) is 21.0. The second-order valence-electron chi connectivity index (χ2n) is 8.91. The van der Waals surface area contributed by atoms with Gasteiger partial charge in [0.2, 0.25) is 0 Å². The number of carbonyl (C=O) groups excluding carboxylic acids is 1. The van der Waals surface area contributed by atoms with E-state index in [1.807, 2.05) is 43.3 Å². The largest absolute Gasteiger partial charge is 0.465 e. The summed E-state index contributed by atoms with van der Waals surface area (Å²) in [5.74, 6) is 0.186. The Hall–Kier alpha value is -3.85. The number of hydrogen-bond donors (Lipinski definition) is 1. The van der Waals surface area contributed by atoms with Gasteiger partial charge < -0.3 is 9.72 Å². The van der Waals surface area contributed by atoms with Gasteiger partial charge in [0.1, 0.15) is 6.54 Å². The Balaban J connectivity index is 1.73. The van der Waals surface area contributed by atoms with E-state index in [9.17, 15) is 9.59 Å². The summed E-state index contributed by atoms with van der Waals surface area (Å²) in [7, 11) is 0. The average molecular weight is 489 g/mol. The van der Waals surface area contributed by atoms with E-state index in [-0.39, 0.29) is 18.1 Å². The first-order chi connectivity index (χ1) is 17.5. The zero-order chi connectivity index (χ0) is 25.5. The quantitative estimate of drug-likeness (QED) is 0.319. The van der Waals surface area contributed by atoms with E-state index in [0.29, 0.717) is 31.1 Å². The molecule has 4 rings (SSSR count). The Labute approximate surface area is 210 Å². The summed E-state index contributed by atoms with van der Waals surface area (Å²) in [5.41, 5.74) is 3.59. The van der Waals surface area contributed by atoms with Crippen LogP contribution in [0.3, 0.4) is 0 Å². The molecule has 0 aliphatic carbocycles. The lowest BCUT2D eigenvalue weighted by atomic mass is 10.0. The number of benzene rings is 2. The highest BCUT2D eigenvalue weighted by molar-refractivity contribution is 5.79. The molecule has 2 aromatic carbocycles. The summed E-state index contributed by atoms with van der Waals surface area (Å²) in [6.45, 7) is 7.10. The molecule has 1 N–H and O–H groups in total. The second-order valence-corrected chi connectivity index (χ2v) is 8.91. The predicted molar refractivity (Wildman–Crippen MR) is 137 cm³/mol. The molecule has 0 unspecified atom stereocenters. The maximum atomic E-state index is 13.1. The number of pyridine rings is 1. The molecule has 2 aromatic heterocycles. The molecule has 2 heterocycles. The van der Waals surface area contributed by atoms with Crippen LogP contribution in [0.15, 0.2) is 59.4 Å². The Bertz CT molecular complexity index is 1360. The van der Waals surface area contributed by atoms with E-state index in [1.165, 1.54) is 4.68 Å². The zero-order valence-corrected chi connectivity index (χ0v) is 21.0. The number of H-pyrrole nitrogens is 1. The Kier molecular flexibility index (Phi) is 8.22. The molecule has 0 fully saturated rings. The molecule has 36 heavy (non-hydrogen) atoms. The van der Waals surface area contributed by atoms with Crippen molar-refractivity contribution in [2.24, 2.45) is 0 Å². The lowest BCUT2D eigenvalue weighted by Gasteiger charge is -2.31. The highest BCUT2D eigenvalue weighted by Gasteiger charge is 2.27. The first-order valence-electron chi connectivity index (χ1n) is 12.3. The van der Waals surface area contributed by atoms with Gasteiger partial charge in [-0.3, -0.25) is 14.5 Å². The number of aromatic nitrogens is 5. The van der Waals surface area contributed by atoms with Crippen LogP contribution in [0, 0.1) is 6.92 Å². The van der Waals surface area contributed by atoms with Gasteiger partial charge in [-0.25, -0.2) is 4.68 Å². The maximum Gasteiger partial charge on any atom is 0.327 e. The number of rotatable bonds is 11. The second kappa shape index (κ2) is 11.7. The molecule has 9 nitrogen and oxygen atoms in total. The standard InChI is InChI=1S/C27H32N6O3/c1-4-9-24(26-29-30-31-33(26)18-25(34)36-5-2)32(16-20-10-7-6-8-11-20)17-22-15-21-14-19(3)12-13-23(21)28-27(22)35/h6-8,10-15,24H,4-5,9,16-18H2,1-3H3,(H,28,35)/t24-/m0/s1. The molecule has 0 spiro atoms. The van der Waals surface area contributed by atoms with Crippen molar-refractivity contribution >= 4 is 16.9 Å². The van der Waals surface area contributed by atoms with E-state index >= 15 is 0 Å². The summed E-state index contributed by atoms with van der Waals surface area (Å²) in [5, 5.41) is 13.2. The SMILES string of the molecule is CCC[C@@H](c1nnnn1CC(=O)OCC)N(Cc1ccccc1)Cc1cc2cc(C)ccc2[nH]c1=O. The smallest absolute Gasteiger partial charge is 0.327 e. The van der Waals surface area contributed by atoms with Crippen LogP contribution in [-0.2, 0) is 29.2 Å². The average Bonchev–Trinajstić information content (AvgIpc) is 3.31. The molecule has 0 radical (unpaired) electrons. The number of aryl methyl sites for hydroxylation is 1. The predicted octanol–water partition coefficient (Wildman–Crippen LogP) is 3.93. The Morgan fingerprint density at radius 1 is 1.11 bits per heavy atom. The minimum Gasteiger partial charge on any atom is -0.465 e. The van der Waals surface area contributed by atoms with Crippen molar-refractivity contribution in [3.63, 3.8) is 0 Å². The number of esters is 1. The fourth-order valence-corrected chi connectivity index (χ4v) is 4.44. The summed E-state index contributed by atoms with van der Waals surface area (Å²) in [6.07, 6.45) is 1.62. The van der Waals surface area contributed by atoms with Gasteiger partial charge >= 0.3 is 5.97 Å². The number of nitrogens with one attached hydrogen (secondary N) is 1. The number of nitrogens with zero attached hydrogens (tertiary/aromatic N) is 5. The summed E-state index contributed by atoms with van der Waals surface area (Å²) in [6, 6.07) is 17.8. The van der Waals surface area contributed by atoms with E-state index < -0.39 is 5.97 Å². The molecule has 0 aliphatic rings. The first kappa shape index (κ1) is 25.2. The van der Waals surface area contributed by atoms with Crippen molar-refractivity contribution in [1.29, 1.82) is 0 Å². The highest BCUT2D eigenvalue weighted by atomic mass is 16.5. The molecule has 188 valence electrons. The van der Waals surface area contributed by atoms with Crippen LogP contribution in [0.1, 0.15) is 55.2 Å². The fourth-order valence-electron chi connectivity index (χ4n) is 4.44. The third-order valence-electron chi connectivity index (χ3n) is 6.12. The van der Waals surface area contributed by atoms with Gasteiger partial charge in [-0.1, -0.05) is 55.3 Å². The summed E-state index contributed by atoms with van der Waals surface area (Å²) >= 11 is 0. The fraction of sp³-hybridized carbons (Fsp3) is 0.370. The molecule has 4 aromatic rings. The van der Waals surface area contributed by atoms with Crippen LogP contribution in [0.25, 0.3) is 10.9 Å². The van der Waals surface area contributed by atoms with Gasteiger partial charge in [0, 0.05) is 24.2 Å². The maximum absolute atomic E-state index is 13.1. The number of tetrazole rings is 1. The van der Waals surface area contributed by atoms with Crippen LogP contribution in [0.5, 0.6) is 0 Å². The van der Waals surface area contributed by atoms with Crippen LogP contribution < -0.4 is 5.56 Å². The number of fused-ring (bicyclic) bond motifs is 1. The molecular weight excluding hydrogens is 456 g/mol. The molecule has 0 saturated heterocycles. The number of aromatic amines is 1. The molecule has 1 atom stereocenters.